The number of hydrogen-bond acceptors (Lipinski definition) is 3. The highest BCUT2D eigenvalue weighted by atomic mass is 16.2. The van der Waals surface area contributed by atoms with Gasteiger partial charge in [-0.1, -0.05) is 12.1 Å². The van der Waals surface area contributed by atoms with Crippen LogP contribution in [0, 0.1) is 0 Å². The van der Waals surface area contributed by atoms with E-state index in [0.29, 0.717) is 6.42 Å². The Labute approximate surface area is 121 Å². The van der Waals surface area contributed by atoms with Crippen molar-refractivity contribution in [2.45, 2.75) is 32.2 Å². The molecule has 4 nitrogen and oxygen atoms in total. The number of nitrogens with two attached hydrogens (primary N) is 1. The van der Waals surface area contributed by atoms with Crippen molar-refractivity contribution in [2.75, 3.05) is 32.4 Å². The second-order valence-electron chi connectivity index (χ2n) is 6.29. The van der Waals surface area contributed by atoms with Crippen LogP contribution in [0.5, 0.6) is 0 Å². The van der Waals surface area contributed by atoms with E-state index in [1.54, 1.807) is 0 Å². The molecule has 1 aromatic carbocycles. The Morgan fingerprint density at radius 3 is 2.50 bits per heavy atom. The lowest BCUT2D eigenvalue weighted by Gasteiger charge is -2.45. The molecule has 1 amide bonds. The smallest absolute Gasteiger partial charge is 0.223 e. The van der Waals surface area contributed by atoms with Gasteiger partial charge in [-0.3, -0.25) is 9.69 Å². The summed E-state index contributed by atoms with van der Waals surface area (Å²) in [5.74, 6) is 0.253. The predicted octanol–water partition coefficient (Wildman–Crippen LogP) is 1.75. The second-order valence-corrected chi connectivity index (χ2v) is 6.29. The number of aryl methyl sites for hydroxylation is 1. The SMILES string of the molecule is CN1CCN(C(=O)CCc2ccc(N)cc2)CC1(C)C. The maximum Gasteiger partial charge on any atom is 0.223 e. The summed E-state index contributed by atoms with van der Waals surface area (Å²) in [6, 6.07) is 7.77. The number of carbonyl (C=O) groups is 1. The van der Waals surface area contributed by atoms with E-state index in [9.17, 15) is 4.79 Å². The van der Waals surface area contributed by atoms with Gasteiger partial charge in [0.2, 0.25) is 5.91 Å². The lowest BCUT2D eigenvalue weighted by molar-refractivity contribution is -0.135. The van der Waals surface area contributed by atoms with Crippen molar-refractivity contribution in [3.8, 4) is 0 Å². The highest BCUT2D eigenvalue weighted by molar-refractivity contribution is 5.76. The van der Waals surface area contributed by atoms with Crippen molar-refractivity contribution in [1.82, 2.24) is 9.80 Å². The Balaban J connectivity index is 1.87. The van der Waals surface area contributed by atoms with Crippen LogP contribution in [0.1, 0.15) is 25.8 Å². The monoisotopic (exact) mass is 275 g/mol. The lowest BCUT2D eigenvalue weighted by atomic mass is 9.99. The highest BCUT2D eigenvalue weighted by Crippen LogP contribution is 2.19. The number of piperazine rings is 1. The standard InChI is InChI=1S/C16H25N3O/c1-16(2)12-19(11-10-18(16)3)15(20)9-6-13-4-7-14(17)8-5-13/h4-5,7-8H,6,9-12,17H2,1-3H3. The lowest BCUT2D eigenvalue weighted by Crippen LogP contribution is -2.58. The normalized spacial score (nSPS) is 19.1. The van der Waals surface area contributed by atoms with Crippen molar-refractivity contribution < 1.29 is 4.79 Å². The molecule has 0 atom stereocenters. The van der Waals surface area contributed by atoms with Crippen LogP contribution in [0.4, 0.5) is 5.69 Å². The van der Waals surface area contributed by atoms with E-state index in [2.05, 4.69) is 25.8 Å². The van der Waals surface area contributed by atoms with Crippen LogP contribution >= 0.6 is 0 Å². The minimum atomic E-state index is 0.0646. The van der Waals surface area contributed by atoms with Gasteiger partial charge >= 0.3 is 0 Å². The zero-order valence-electron chi connectivity index (χ0n) is 12.7. The van der Waals surface area contributed by atoms with Gasteiger partial charge in [-0.2, -0.15) is 0 Å². The summed E-state index contributed by atoms with van der Waals surface area (Å²) in [6.07, 6.45) is 1.36. The molecule has 0 unspecified atom stereocenters. The molecule has 1 aliphatic heterocycles. The van der Waals surface area contributed by atoms with Crippen molar-refractivity contribution >= 4 is 11.6 Å². The van der Waals surface area contributed by atoms with Gasteiger partial charge in [0.15, 0.2) is 0 Å². The molecule has 1 fully saturated rings. The maximum absolute atomic E-state index is 12.3. The quantitative estimate of drug-likeness (QED) is 0.855. The molecule has 0 aliphatic carbocycles. The Morgan fingerprint density at radius 2 is 1.90 bits per heavy atom. The fraction of sp³-hybridized carbons (Fsp3) is 0.562. The van der Waals surface area contributed by atoms with Crippen molar-refractivity contribution in [3.63, 3.8) is 0 Å². The molecule has 0 bridgehead atoms. The zero-order valence-corrected chi connectivity index (χ0v) is 12.7. The van der Waals surface area contributed by atoms with Crippen LogP contribution in [-0.4, -0.2) is 47.9 Å². The molecule has 0 radical (unpaired) electrons. The van der Waals surface area contributed by atoms with Gasteiger partial charge in [0.1, 0.15) is 0 Å². The first kappa shape index (κ1) is 14.9. The maximum atomic E-state index is 12.3. The van der Waals surface area contributed by atoms with Crippen molar-refractivity contribution in [2.24, 2.45) is 0 Å². The number of likely N-dealkylation sites (N-methyl/N-ethyl adjacent to an activating group) is 1. The second kappa shape index (κ2) is 5.83. The Hall–Kier alpha value is -1.55. The van der Waals surface area contributed by atoms with E-state index in [0.717, 1.165) is 31.7 Å². The zero-order chi connectivity index (χ0) is 14.8. The van der Waals surface area contributed by atoms with E-state index in [4.69, 9.17) is 5.73 Å². The fourth-order valence-electron chi connectivity index (χ4n) is 2.55. The largest absolute Gasteiger partial charge is 0.399 e. The third kappa shape index (κ3) is 3.51. The van der Waals surface area contributed by atoms with Gasteiger partial charge in [-0.05, 0) is 45.0 Å². The Bertz CT molecular complexity index is 467. The molecule has 2 N–H and O–H groups in total. The predicted molar refractivity (Wildman–Crippen MR) is 82.5 cm³/mol. The van der Waals surface area contributed by atoms with Crippen LogP contribution in [0.2, 0.25) is 0 Å². The molecule has 0 aromatic heterocycles. The molecule has 0 saturated carbocycles. The van der Waals surface area contributed by atoms with E-state index < -0.39 is 0 Å². The minimum absolute atomic E-state index is 0.0646. The van der Waals surface area contributed by atoms with Gasteiger partial charge < -0.3 is 10.6 Å². The van der Waals surface area contributed by atoms with E-state index in [-0.39, 0.29) is 11.4 Å². The first-order chi connectivity index (χ1) is 9.38. The molecule has 1 aromatic rings. The number of benzene rings is 1. The van der Waals surface area contributed by atoms with Crippen molar-refractivity contribution in [1.29, 1.82) is 0 Å². The third-order valence-electron chi connectivity index (χ3n) is 4.28. The fourth-order valence-corrected chi connectivity index (χ4v) is 2.55. The number of rotatable bonds is 3. The van der Waals surface area contributed by atoms with Crippen LogP contribution in [0.3, 0.4) is 0 Å². The summed E-state index contributed by atoms with van der Waals surface area (Å²) in [5, 5.41) is 0. The molecule has 4 heteroatoms. The summed E-state index contributed by atoms with van der Waals surface area (Å²) in [6.45, 7) is 6.96. The molecular formula is C16H25N3O. The molecular weight excluding hydrogens is 250 g/mol. The number of hydrogen-bond donors (Lipinski definition) is 1. The third-order valence-corrected chi connectivity index (χ3v) is 4.28. The highest BCUT2D eigenvalue weighted by Gasteiger charge is 2.32. The summed E-state index contributed by atoms with van der Waals surface area (Å²) in [4.78, 5) is 16.6. The van der Waals surface area contributed by atoms with E-state index >= 15 is 0 Å². The first-order valence-corrected chi connectivity index (χ1v) is 7.22. The van der Waals surface area contributed by atoms with Crippen molar-refractivity contribution in [3.05, 3.63) is 29.8 Å². The summed E-state index contributed by atoms with van der Waals surface area (Å²) >= 11 is 0. The summed E-state index contributed by atoms with van der Waals surface area (Å²) < 4.78 is 0. The van der Waals surface area contributed by atoms with Gasteiger partial charge in [0.05, 0.1) is 0 Å². The number of nitrogens with zero attached hydrogens (tertiary/aromatic N) is 2. The van der Waals surface area contributed by atoms with Crippen LogP contribution in [0.15, 0.2) is 24.3 Å². The average Bonchev–Trinajstić information content (AvgIpc) is 2.41. The van der Waals surface area contributed by atoms with E-state index in [1.165, 1.54) is 5.56 Å². The number of anilines is 1. The van der Waals surface area contributed by atoms with Crippen LogP contribution in [-0.2, 0) is 11.2 Å². The molecule has 110 valence electrons. The minimum Gasteiger partial charge on any atom is -0.399 e. The number of carbonyl (C=O) groups excluding carboxylic acids is 1. The van der Waals surface area contributed by atoms with Crippen LogP contribution < -0.4 is 5.73 Å². The number of nitrogen functional groups attached to an aromatic ring is 1. The first-order valence-electron chi connectivity index (χ1n) is 7.22. The average molecular weight is 275 g/mol. The van der Waals surface area contributed by atoms with Gasteiger partial charge in [-0.15, -0.1) is 0 Å². The van der Waals surface area contributed by atoms with Gasteiger partial charge in [0, 0.05) is 37.3 Å². The topological polar surface area (TPSA) is 49.6 Å². The molecule has 1 saturated heterocycles. The number of amides is 1. The summed E-state index contributed by atoms with van der Waals surface area (Å²) in [5.41, 5.74) is 7.66. The molecule has 2 rings (SSSR count). The molecule has 1 heterocycles. The Morgan fingerprint density at radius 1 is 1.25 bits per heavy atom. The van der Waals surface area contributed by atoms with Crippen LogP contribution in [0.25, 0.3) is 0 Å². The molecule has 20 heavy (non-hydrogen) atoms. The van der Waals surface area contributed by atoms with Gasteiger partial charge in [0.25, 0.3) is 0 Å². The summed E-state index contributed by atoms with van der Waals surface area (Å²) in [7, 11) is 2.12. The van der Waals surface area contributed by atoms with Gasteiger partial charge in [-0.25, -0.2) is 0 Å². The van der Waals surface area contributed by atoms with E-state index in [1.807, 2.05) is 29.2 Å². The molecule has 0 spiro atoms. The Kier molecular flexibility index (Phi) is 4.33. The molecule has 1 aliphatic rings.